The van der Waals surface area contributed by atoms with Crippen molar-refractivity contribution >= 4 is 11.9 Å². The molecule has 20 heteroatoms. The van der Waals surface area contributed by atoms with E-state index >= 15 is 0 Å². The standard InChI is InChI=1S/C6H11NO5.2Na.12H2O/c8-2-1-7(3-5(9)10)4-6(11)12;;;;;;;;;;;;;;/h8H,1-4H2,(H,9,10)(H,11,12);;;12*1H2/q;2*+1;;;;;;;;;;;;/p-2. The van der Waals surface area contributed by atoms with Crippen LogP contribution in [0.5, 0.6) is 0 Å². The molecule has 0 bridgehead atoms. The number of aliphatic hydroxyl groups is 1. The Morgan fingerprint density at radius 1 is 0.615 bits per heavy atom. The summed E-state index contributed by atoms with van der Waals surface area (Å²) >= 11 is 0. The Balaban J connectivity index is -0.00000000665. The Bertz CT molecular complexity index is 173. The Labute approximate surface area is 192 Å². The third kappa shape index (κ3) is 103. The molecule has 0 saturated heterocycles. The van der Waals surface area contributed by atoms with Crippen molar-refractivity contribution in [1.82, 2.24) is 4.90 Å². The van der Waals surface area contributed by atoms with Gasteiger partial charge in [-0.15, -0.1) is 0 Å². The quantitative estimate of drug-likeness (QED) is 0.392. The van der Waals surface area contributed by atoms with Crippen molar-refractivity contribution in [3.8, 4) is 0 Å². The maximum absolute atomic E-state index is 10.0. The van der Waals surface area contributed by atoms with Gasteiger partial charge in [0.15, 0.2) is 0 Å². The SMILES string of the molecule is O.O.O.O.O.O.O.O.O.O.O.O.O=C([O-])CN(CCO)CC(=O)[O-].[Na+].[Na+]. The van der Waals surface area contributed by atoms with Gasteiger partial charge in [-0.25, -0.2) is 0 Å². The minimum Gasteiger partial charge on any atom is -0.549 e. The molecule has 0 aliphatic carbocycles. The van der Waals surface area contributed by atoms with E-state index in [-0.39, 0.29) is 138 Å². The summed E-state index contributed by atoms with van der Waals surface area (Å²) in [5.74, 6) is -2.77. The molecule has 0 rings (SSSR count). The van der Waals surface area contributed by atoms with Crippen LogP contribution in [0.3, 0.4) is 0 Å². The van der Waals surface area contributed by atoms with Gasteiger partial charge >= 0.3 is 59.1 Å². The molecule has 0 atom stereocenters. The summed E-state index contributed by atoms with van der Waals surface area (Å²) in [6.07, 6.45) is 0. The first-order valence-electron chi connectivity index (χ1n) is 3.29. The minimum absolute atomic E-state index is 0. The molecular formula is C6H33NNa2O17. The summed E-state index contributed by atoms with van der Waals surface area (Å²) in [7, 11) is 0. The van der Waals surface area contributed by atoms with Crippen LogP contribution in [-0.2, 0) is 9.59 Å². The van der Waals surface area contributed by atoms with E-state index in [2.05, 4.69) is 0 Å². The van der Waals surface area contributed by atoms with Crippen LogP contribution in [0.2, 0.25) is 0 Å². The number of nitrogens with zero attached hydrogens (tertiary/aromatic N) is 1. The zero-order valence-corrected chi connectivity index (χ0v) is 18.4. The topological polar surface area (TPSA) is 482 Å². The van der Waals surface area contributed by atoms with Crippen LogP contribution in [0.4, 0.5) is 0 Å². The van der Waals surface area contributed by atoms with Gasteiger partial charge in [-0.05, 0) is 0 Å². The second-order valence-electron chi connectivity index (χ2n) is 2.18. The fourth-order valence-electron chi connectivity index (χ4n) is 0.721. The summed E-state index contributed by atoms with van der Waals surface area (Å²) < 4.78 is 0. The summed E-state index contributed by atoms with van der Waals surface area (Å²) in [6, 6.07) is 0. The van der Waals surface area contributed by atoms with E-state index in [4.69, 9.17) is 5.11 Å². The first kappa shape index (κ1) is 131. The Morgan fingerprint density at radius 2 is 0.808 bits per heavy atom. The van der Waals surface area contributed by atoms with Crippen molar-refractivity contribution in [3.05, 3.63) is 0 Å². The third-order valence-corrected chi connectivity index (χ3v) is 1.12. The molecule has 0 fully saturated rings. The van der Waals surface area contributed by atoms with Crippen molar-refractivity contribution in [2.45, 2.75) is 0 Å². The second kappa shape index (κ2) is 84.3. The van der Waals surface area contributed by atoms with Crippen LogP contribution >= 0.6 is 0 Å². The Morgan fingerprint density at radius 3 is 0.923 bits per heavy atom. The second-order valence-corrected chi connectivity index (χ2v) is 2.18. The fraction of sp³-hybridized carbons (Fsp3) is 0.667. The largest absolute Gasteiger partial charge is 1.00 e. The number of rotatable bonds is 6. The van der Waals surface area contributed by atoms with E-state index in [9.17, 15) is 19.8 Å². The Hall–Kier alpha value is 0.380. The molecule has 0 spiro atoms. The van der Waals surface area contributed by atoms with Crippen molar-refractivity contribution in [3.63, 3.8) is 0 Å². The fourth-order valence-corrected chi connectivity index (χ4v) is 0.721. The van der Waals surface area contributed by atoms with E-state index in [0.29, 0.717) is 0 Å². The predicted molar refractivity (Wildman–Crippen MR) is 76.9 cm³/mol. The number of carbonyl (C=O) groups excluding carboxylic acids is 2. The molecule has 0 unspecified atom stereocenters. The van der Waals surface area contributed by atoms with Gasteiger partial charge in [-0.1, -0.05) is 0 Å². The first-order valence-corrected chi connectivity index (χ1v) is 3.29. The Kier molecular flexibility index (Phi) is 425. The van der Waals surface area contributed by atoms with Crippen LogP contribution in [-0.4, -0.2) is 114 Å². The van der Waals surface area contributed by atoms with Gasteiger partial charge in [-0.3, -0.25) is 4.90 Å². The smallest absolute Gasteiger partial charge is 0.549 e. The van der Waals surface area contributed by atoms with Gasteiger partial charge in [0.25, 0.3) is 0 Å². The molecule has 0 aliphatic heterocycles. The molecule has 18 nitrogen and oxygen atoms in total. The molecule has 0 saturated carbocycles. The molecule has 0 aliphatic rings. The van der Waals surface area contributed by atoms with Crippen LogP contribution in [0, 0.1) is 0 Å². The number of carboxylic acids is 2. The zero-order valence-electron chi connectivity index (χ0n) is 14.4. The van der Waals surface area contributed by atoms with Gasteiger partial charge in [0.1, 0.15) is 0 Å². The van der Waals surface area contributed by atoms with Crippen molar-refractivity contribution < 1.29 is 150 Å². The number of aliphatic hydroxyl groups excluding tert-OH is 1. The summed E-state index contributed by atoms with van der Waals surface area (Å²) in [5, 5.41) is 28.4. The van der Waals surface area contributed by atoms with Crippen LogP contribution in [0.1, 0.15) is 0 Å². The first-order chi connectivity index (χ1) is 5.56. The van der Waals surface area contributed by atoms with Gasteiger partial charge in [0, 0.05) is 19.6 Å². The molecule has 25 N–H and O–H groups in total. The van der Waals surface area contributed by atoms with E-state index in [0.717, 1.165) is 4.90 Å². The molecule has 166 valence electrons. The summed E-state index contributed by atoms with van der Waals surface area (Å²) in [5.41, 5.74) is 0. The van der Waals surface area contributed by atoms with Crippen LogP contribution in [0.25, 0.3) is 0 Å². The summed E-state index contributed by atoms with van der Waals surface area (Å²) in [4.78, 5) is 21.0. The van der Waals surface area contributed by atoms with E-state index in [1.807, 2.05) is 0 Å². The zero-order chi connectivity index (χ0) is 9.56. The maximum atomic E-state index is 10.0. The number of hydrogen-bond donors (Lipinski definition) is 1. The third-order valence-electron chi connectivity index (χ3n) is 1.12. The number of hydrogen-bond acceptors (Lipinski definition) is 6. The van der Waals surface area contributed by atoms with E-state index in [1.54, 1.807) is 0 Å². The van der Waals surface area contributed by atoms with Crippen LogP contribution in [0.15, 0.2) is 0 Å². The van der Waals surface area contributed by atoms with Gasteiger partial charge in [0.2, 0.25) is 0 Å². The molecule has 0 radical (unpaired) electrons. The molecule has 0 aromatic rings. The molecule has 0 aromatic carbocycles. The van der Waals surface area contributed by atoms with Crippen molar-refractivity contribution in [2.24, 2.45) is 0 Å². The van der Waals surface area contributed by atoms with E-state index < -0.39 is 25.0 Å². The molecule has 26 heavy (non-hydrogen) atoms. The van der Waals surface area contributed by atoms with Gasteiger partial charge in [-0.2, -0.15) is 0 Å². The number of carboxylic acid groups (broad SMARTS) is 2. The summed E-state index contributed by atoms with van der Waals surface area (Å²) in [6.45, 7) is -1.37. The van der Waals surface area contributed by atoms with Crippen LogP contribution < -0.4 is 69.3 Å². The average Bonchev–Trinajstić information content (AvgIpc) is 1.84. The predicted octanol–water partition coefficient (Wildman–Crippen LogP) is -20.1. The van der Waals surface area contributed by atoms with Crippen molar-refractivity contribution in [1.29, 1.82) is 0 Å². The normalized spacial score (nSPS) is 4.69. The molecular weight excluding hydrogens is 404 g/mol. The van der Waals surface area contributed by atoms with E-state index in [1.165, 1.54) is 0 Å². The minimum atomic E-state index is -1.38. The molecule has 0 aromatic heterocycles. The number of aliphatic carboxylic acids is 2. The average molecular weight is 437 g/mol. The van der Waals surface area contributed by atoms with Crippen molar-refractivity contribution in [2.75, 3.05) is 26.2 Å². The van der Waals surface area contributed by atoms with Gasteiger partial charge in [0.05, 0.1) is 18.5 Å². The maximum Gasteiger partial charge on any atom is 1.00 e. The molecule has 0 heterocycles. The molecule has 0 amide bonds. The number of carbonyl (C=O) groups is 2. The monoisotopic (exact) mass is 437 g/mol. The van der Waals surface area contributed by atoms with Gasteiger partial charge < -0.3 is 90.6 Å².